The average molecular weight is 217 g/mol. The fraction of sp³-hybridized carbons (Fsp3) is 0.429. The summed E-state index contributed by atoms with van der Waals surface area (Å²) in [6.45, 7) is 10.7. The molecule has 2 nitrogen and oxygen atoms in total. The molecule has 2 heteroatoms. The highest BCUT2D eigenvalue weighted by Crippen LogP contribution is 2.34. The first-order valence-electron chi connectivity index (χ1n) is 5.60. The molecule has 16 heavy (non-hydrogen) atoms. The first-order valence-corrected chi connectivity index (χ1v) is 5.60. The van der Waals surface area contributed by atoms with Gasteiger partial charge in [0.25, 0.3) is 0 Å². The van der Waals surface area contributed by atoms with Gasteiger partial charge < -0.3 is 10.2 Å². The van der Waals surface area contributed by atoms with E-state index in [2.05, 4.69) is 39.8 Å². The fourth-order valence-corrected chi connectivity index (χ4v) is 1.94. The van der Waals surface area contributed by atoms with Crippen LogP contribution in [0.25, 0.3) is 11.0 Å². The normalized spacial score (nSPS) is 12.3. The summed E-state index contributed by atoms with van der Waals surface area (Å²) in [6.07, 6.45) is 0. The van der Waals surface area contributed by atoms with Crippen LogP contribution >= 0.6 is 0 Å². The molecule has 0 amide bonds. The van der Waals surface area contributed by atoms with Gasteiger partial charge in [0.15, 0.2) is 5.88 Å². The van der Waals surface area contributed by atoms with Crippen LogP contribution in [0.5, 0.6) is 0 Å². The summed E-state index contributed by atoms with van der Waals surface area (Å²) >= 11 is 0. The molecule has 86 valence electrons. The lowest BCUT2D eigenvalue weighted by atomic mass is 9.85. The summed E-state index contributed by atoms with van der Waals surface area (Å²) < 4.78 is 5.57. The van der Waals surface area contributed by atoms with E-state index in [4.69, 9.17) is 10.2 Å². The average Bonchev–Trinajstić information content (AvgIpc) is 2.44. The van der Waals surface area contributed by atoms with Crippen molar-refractivity contribution >= 4 is 16.9 Å². The Hall–Kier alpha value is -1.44. The monoisotopic (exact) mass is 217 g/mol. The highest BCUT2D eigenvalue weighted by molar-refractivity contribution is 5.88. The van der Waals surface area contributed by atoms with Crippen molar-refractivity contribution < 1.29 is 4.42 Å². The number of aryl methyl sites for hydroxylation is 2. The Bertz CT molecular complexity index is 544. The number of nitrogens with two attached hydrogens (primary N) is 1. The number of anilines is 1. The van der Waals surface area contributed by atoms with E-state index in [1.165, 1.54) is 5.56 Å². The van der Waals surface area contributed by atoms with E-state index in [9.17, 15) is 0 Å². The van der Waals surface area contributed by atoms with Crippen molar-refractivity contribution in [3.8, 4) is 0 Å². The van der Waals surface area contributed by atoms with E-state index in [0.29, 0.717) is 5.88 Å². The summed E-state index contributed by atoms with van der Waals surface area (Å²) in [5, 5.41) is 1.14. The summed E-state index contributed by atoms with van der Waals surface area (Å²) in [5.74, 6) is 0.532. The molecule has 0 radical (unpaired) electrons. The van der Waals surface area contributed by atoms with Gasteiger partial charge in [-0.1, -0.05) is 26.8 Å². The molecule has 0 bridgehead atoms. The van der Waals surface area contributed by atoms with Crippen LogP contribution in [0, 0.1) is 13.8 Å². The number of hydrogen-bond acceptors (Lipinski definition) is 2. The maximum atomic E-state index is 5.81. The van der Waals surface area contributed by atoms with E-state index in [-0.39, 0.29) is 5.41 Å². The van der Waals surface area contributed by atoms with Gasteiger partial charge in [0, 0.05) is 10.9 Å². The van der Waals surface area contributed by atoms with Gasteiger partial charge in [-0.15, -0.1) is 0 Å². The van der Waals surface area contributed by atoms with Crippen molar-refractivity contribution in [3.63, 3.8) is 0 Å². The predicted octanol–water partition coefficient (Wildman–Crippen LogP) is 3.93. The van der Waals surface area contributed by atoms with Gasteiger partial charge in [-0.25, -0.2) is 0 Å². The fourth-order valence-electron chi connectivity index (χ4n) is 1.94. The lowest BCUT2D eigenvalue weighted by molar-refractivity contribution is 0.589. The Labute approximate surface area is 96.4 Å². The summed E-state index contributed by atoms with van der Waals surface area (Å²) in [5.41, 5.74) is 10.4. The Balaban J connectivity index is 2.80. The molecule has 2 rings (SSSR count). The molecule has 0 saturated carbocycles. The van der Waals surface area contributed by atoms with Crippen molar-refractivity contribution in [2.24, 2.45) is 0 Å². The smallest absolute Gasteiger partial charge is 0.194 e. The number of nitrogen functional groups attached to an aromatic ring is 1. The Kier molecular flexibility index (Phi) is 2.26. The third-order valence-electron chi connectivity index (χ3n) is 3.13. The van der Waals surface area contributed by atoms with Crippen molar-refractivity contribution in [2.75, 3.05) is 5.73 Å². The first-order chi connectivity index (χ1) is 7.30. The zero-order valence-corrected chi connectivity index (χ0v) is 10.6. The van der Waals surface area contributed by atoms with Gasteiger partial charge in [-0.2, -0.15) is 0 Å². The zero-order valence-electron chi connectivity index (χ0n) is 10.6. The SMILES string of the molecule is Cc1c(N)oc2c(C)cc(C(C)(C)C)cc12. The number of rotatable bonds is 0. The van der Waals surface area contributed by atoms with Crippen LogP contribution in [-0.2, 0) is 5.41 Å². The van der Waals surface area contributed by atoms with Crippen LogP contribution in [0.15, 0.2) is 16.5 Å². The van der Waals surface area contributed by atoms with Gasteiger partial charge in [0.1, 0.15) is 5.58 Å². The van der Waals surface area contributed by atoms with E-state index in [0.717, 1.165) is 22.1 Å². The highest BCUT2D eigenvalue weighted by atomic mass is 16.3. The largest absolute Gasteiger partial charge is 0.440 e. The Morgan fingerprint density at radius 1 is 1.12 bits per heavy atom. The minimum atomic E-state index is 0.150. The van der Waals surface area contributed by atoms with Gasteiger partial charge in [-0.05, 0) is 36.5 Å². The minimum absolute atomic E-state index is 0.150. The molecule has 0 aliphatic carbocycles. The van der Waals surface area contributed by atoms with Crippen LogP contribution < -0.4 is 5.73 Å². The maximum absolute atomic E-state index is 5.81. The second-order valence-electron chi connectivity index (χ2n) is 5.51. The second kappa shape index (κ2) is 3.27. The number of benzene rings is 1. The molecule has 0 saturated heterocycles. The molecular formula is C14H19NO. The van der Waals surface area contributed by atoms with Crippen molar-refractivity contribution in [1.29, 1.82) is 0 Å². The summed E-state index contributed by atoms with van der Waals surface area (Å²) in [4.78, 5) is 0. The molecule has 2 N–H and O–H groups in total. The predicted molar refractivity (Wildman–Crippen MR) is 68.8 cm³/mol. The van der Waals surface area contributed by atoms with E-state index in [1.54, 1.807) is 0 Å². The van der Waals surface area contributed by atoms with E-state index < -0.39 is 0 Å². The first kappa shape index (κ1) is 11.1. The van der Waals surface area contributed by atoms with Crippen molar-refractivity contribution in [1.82, 2.24) is 0 Å². The molecule has 0 unspecified atom stereocenters. The van der Waals surface area contributed by atoms with E-state index in [1.807, 2.05) is 6.92 Å². The lowest BCUT2D eigenvalue weighted by Crippen LogP contribution is -2.11. The number of hydrogen-bond donors (Lipinski definition) is 1. The summed E-state index contributed by atoms with van der Waals surface area (Å²) in [6, 6.07) is 4.38. The lowest BCUT2D eigenvalue weighted by Gasteiger charge is -2.19. The van der Waals surface area contributed by atoms with Crippen molar-refractivity contribution in [2.45, 2.75) is 40.0 Å². The third-order valence-corrected chi connectivity index (χ3v) is 3.13. The molecule has 0 spiro atoms. The minimum Gasteiger partial charge on any atom is -0.440 e. The third kappa shape index (κ3) is 1.58. The molecule has 1 aromatic carbocycles. The van der Waals surface area contributed by atoms with Gasteiger partial charge >= 0.3 is 0 Å². The molecule has 0 atom stereocenters. The van der Waals surface area contributed by atoms with E-state index >= 15 is 0 Å². The second-order valence-corrected chi connectivity index (χ2v) is 5.51. The van der Waals surface area contributed by atoms with Crippen LogP contribution in [0.4, 0.5) is 5.88 Å². The molecule has 1 aromatic heterocycles. The Morgan fingerprint density at radius 2 is 1.75 bits per heavy atom. The van der Waals surface area contributed by atoms with Gasteiger partial charge in [0.05, 0.1) is 0 Å². The van der Waals surface area contributed by atoms with Gasteiger partial charge in [0.2, 0.25) is 0 Å². The van der Waals surface area contributed by atoms with Crippen molar-refractivity contribution in [3.05, 3.63) is 28.8 Å². The maximum Gasteiger partial charge on any atom is 0.194 e. The standard InChI is InChI=1S/C14H19NO/c1-8-6-10(14(3,4)5)7-11-9(2)13(15)16-12(8)11/h6-7H,15H2,1-5H3. The molecule has 0 aliphatic rings. The topological polar surface area (TPSA) is 39.2 Å². The molecule has 1 heterocycles. The van der Waals surface area contributed by atoms with Crippen LogP contribution in [0.3, 0.4) is 0 Å². The molecular weight excluding hydrogens is 198 g/mol. The molecule has 0 fully saturated rings. The van der Waals surface area contributed by atoms with Crippen LogP contribution in [0.2, 0.25) is 0 Å². The number of furan rings is 1. The molecule has 0 aliphatic heterocycles. The highest BCUT2D eigenvalue weighted by Gasteiger charge is 2.18. The van der Waals surface area contributed by atoms with Crippen LogP contribution in [-0.4, -0.2) is 0 Å². The van der Waals surface area contributed by atoms with Gasteiger partial charge in [-0.3, -0.25) is 0 Å². The number of fused-ring (bicyclic) bond motifs is 1. The quantitative estimate of drug-likeness (QED) is 0.726. The molecule has 2 aromatic rings. The summed E-state index contributed by atoms with van der Waals surface area (Å²) in [7, 11) is 0. The van der Waals surface area contributed by atoms with Crippen LogP contribution in [0.1, 0.15) is 37.5 Å². The Morgan fingerprint density at radius 3 is 2.31 bits per heavy atom. The zero-order chi connectivity index (χ0) is 12.1.